The molecule has 0 fully saturated rings. The topological polar surface area (TPSA) is 69.4 Å². The molecular weight excluding hydrogens is 218 g/mol. The molecule has 0 heterocycles. The average Bonchev–Trinajstić information content (AvgIpc) is 2.15. The predicted octanol–water partition coefficient (Wildman–Crippen LogP) is 1.73. The molecule has 0 rings (SSSR count). The Kier molecular flexibility index (Phi) is 7.11. The second-order valence-electron chi connectivity index (χ2n) is 3.08. The van der Waals surface area contributed by atoms with Crippen LogP contribution in [0.2, 0.25) is 0 Å². The van der Waals surface area contributed by atoms with E-state index in [0.717, 1.165) is 0 Å². The van der Waals surface area contributed by atoms with Gasteiger partial charge in [0.15, 0.2) is 0 Å². The SMILES string of the molecule is CCOC(=O)CSC(C)C(CC)[N+](=O)[O-]. The summed E-state index contributed by atoms with van der Waals surface area (Å²) in [4.78, 5) is 21.3. The lowest BCUT2D eigenvalue weighted by Gasteiger charge is -2.14. The highest BCUT2D eigenvalue weighted by molar-refractivity contribution is 8.00. The molecule has 0 aliphatic rings. The third-order valence-corrected chi connectivity index (χ3v) is 3.24. The van der Waals surface area contributed by atoms with Crippen molar-refractivity contribution in [3.8, 4) is 0 Å². The number of esters is 1. The number of carbonyl (C=O) groups is 1. The highest BCUT2D eigenvalue weighted by Crippen LogP contribution is 2.18. The van der Waals surface area contributed by atoms with Crippen LogP contribution in [0.25, 0.3) is 0 Å². The maximum atomic E-state index is 11.0. The summed E-state index contributed by atoms with van der Waals surface area (Å²) in [7, 11) is 0. The highest BCUT2D eigenvalue weighted by atomic mass is 32.2. The molecule has 0 amide bonds. The lowest BCUT2D eigenvalue weighted by Crippen LogP contribution is -2.29. The van der Waals surface area contributed by atoms with E-state index in [4.69, 9.17) is 4.74 Å². The molecule has 2 atom stereocenters. The van der Waals surface area contributed by atoms with E-state index in [1.54, 1.807) is 20.8 Å². The smallest absolute Gasteiger partial charge is 0.315 e. The Hall–Kier alpha value is -0.780. The first-order valence-corrected chi connectivity index (χ1v) is 5.98. The number of nitro groups is 1. The minimum Gasteiger partial charge on any atom is -0.465 e. The van der Waals surface area contributed by atoms with Crippen LogP contribution in [0.15, 0.2) is 0 Å². The van der Waals surface area contributed by atoms with Gasteiger partial charge in [0.1, 0.15) is 0 Å². The summed E-state index contributed by atoms with van der Waals surface area (Å²) in [5.41, 5.74) is 0. The van der Waals surface area contributed by atoms with Crippen LogP contribution in [-0.2, 0) is 9.53 Å². The third kappa shape index (κ3) is 5.61. The van der Waals surface area contributed by atoms with Gasteiger partial charge in [-0.1, -0.05) is 6.92 Å². The van der Waals surface area contributed by atoms with E-state index in [1.165, 1.54) is 11.8 Å². The molecule has 0 N–H and O–H groups in total. The van der Waals surface area contributed by atoms with Gasteiger partial charge in [-0.25, -0.2) is 0 Å². The molecule has 6 heteroatoms. The zero-order valence-electron chi connectivity index (χ0n) is 9.26. The zero-order valence-corrected chi connectivity index (χ0v) is 10.1. The Balaban J connectivity index is 3.95. The maximum Gasteiger partial charge on any atom is 0.315 e. The second kappa shape index (κ2) is 7.50. The molecule has 0 aliphatic carbocycles. The van der Waals surface area contributed by atoms with Crippen LogP contribution < -0.4 is 0 Å². The number of hydrogen-bond acceptors (Lipinski definition) is 5. The van der Waals surface area contributed by atoms with Crippen LogP contribution in [0.3, 0.4) is 0 Å². The molecule has 0 saturated heterocycles. The van der Waals surface area contributed by atoms with E-state index in [0.29, 0.717) is 13.0 Å². The summed E-state index contributed by atoms with van der Waals surface area (Å²) in [5.74, 6) is -0.133. The standard InChI is InChI=1S/C9H17NO4S/c1-4-8(10(12)13)7(3)15-6-9(11)14-5-2/h7-8H,4-6H2,1-3H3. The zero-order chi connectivity index (χ0) is 11.8. The van der Waals surface area contributed by atoms with Crippen LogP contribution in [0, 0.1) is 10.1 Å². The van der Waals surface area contributed by atoms with Crippen molar-refractivity contribution in [2.45, 2.75) is 38.5 Å². The number of thioether (sulfide) groups is 1. The van der Waals surface area contributed by atoms with Gasteiger partial charge in [-0.05, 0) is 13.8 Å². The molecule has 0 aliphatic heterocycles. The Morgan fingerprint density at radius 3 is 2.53 bits per heavy atom. The van der Waals surface area contributed by atoms with Crippen molar-refractivity contribution in [3.63, 3.8) is 0 Å². The number of hydrogen-bond donors (Lipinski definition) is 0. The summed E-state index contributed by atoms with van der Waals surface area (Å²) in [6, 6.07) is -0.593. The number of ether oxygens (including phenoxy) is 1. The number of nitrogens with zero attached hydrogens (tertiary/aromatic N) is 1. The van der Waals surface area contributed by atoms with Gasteiger partial charge in [0, 0.05) is 11.3 Å². The summed E-state index contributed by atoms with van der Waals surface area (Å²) in [5, 5.41) is 10.4. The Morgan fingerprint density at radius 1 is 1.53 bits per heavy atom. The van der Waals surface area contributed by atoms with Crippen molar-refractivity contribution in [1.82, 2.24) is 0 Å². The van der Waals surface area contributed by atoms with Crippen molar-refractivity contribution in [2.24, 2.45) is 0 Å². The molecule has 5 nitrogen and oxygen atoms in total. The van der Waals surface area contributed by atoms with Crippen LogP contribution in [0.1, 0.15) is 27.2 Å². The van der Waals surface area contributed by atoms with Crippen LogP contribution in [0.4, 0.5) is 0 Å². The Bertz CT molecular complexity index is 222. The molecule has 0 bridgehead atoms. The quantitative estimate of drug-likeness (QED) is 0.382. The summed E-state index contributed by atoms with van der Waals surface area (Å²) in [6.45, 7) is 5.62. The molecule has 0 aromatic rings. The largest absolute Gasteiger partial charge is 0.465 e. The number of carbonyl (C=O) groups excluding carboxylic acids is 1. The van der Waals surface area contributed by atoms with E-state index in [2.05, 4.69) is 0 Å². The summed E-state index contributed by atoms with van der Waals surface area (Å²) >= 11 is 1.27. The van der Waals surface area contributed by atoms with Gasteiger partial charge >= 0.3 is 5.97 Å². The van der Waals surface area contributed by atoms with Crippen molar-refractivity contribution < 1.29 is 14.5 Å². The van der Waals surface area contributed by atoms with Gasteiger partial charge < -0.3 is 4.74 Å². The third-order valence-electron chi connectivity index (χ3n) is 2.00. The molecule has 0 saturated carbocycles. The molecular formula is C9H17NO4S. The molecule has 0 aromatic carbocycles. The molecule has 88 valence electrons. The molecule has 15 heavy (non-hydrogen) atoms. The van der Waals surface area contributed by atoms with Gasteiger partial charge in [-0.3, -0.25) is 14.9 Å². The average molecular weight is 235 g/mol. The summed E-state index contributed by atoms with van der Waals surface area (Å²) in [6.07, 6.45) is 0.476. The lowest BCUT2D eigenvalue weighted by atomic mass is 10.2. The lowest BCUT2D eigenvalue weighted by molar-refractivity contribution is -0.521. The molecule has 0 radical (unpaired) electrons. The first-order valence-electron chi connectivity index (χ1n) is 4.93. The predicted molar refractivity (Wildman–Crippen MR) is 59.6 cm³/mol. The van der Waals surface area contributed by atoms with E-state index >= 15 is 0 Å². The first kappa shape index (κ1) is 14.2. The number of rotatable bonds is 7. The van der Waals surface area contributed by atoms with Crippen molar-refractivity contribution in [1.29, 1.82) is 0 Å². The van der Waals surface area contributed by atoms with Gasteiger partial charge in [0.05, 0.1) is 17.6 Å². The Labute approximate surface area is 93.7 Å². The highest BCUT2D eigenvalue weighted by Gasteiger charge is 2.26. The van der Waals surface area contributed by atoms with E-state index < -0.39 is 6.04 Å². The fourth-order valence-electron chi connectivity index (χ4n) is 1.17. The minimum absolute atomic E-state index is 0.172. The van der Waals surface area contributed by atoms with Crippen molar-refractivity contribution in [2.75, 3.05) is 12.4 Å². The summed E-state index contributed by atoms with van der Waals surface area (Å²) < 4.78 is 4.74. The van der Waals surface area contributed by atoms with Gasteiger partial charge in [-0.15, -0.1) is 11.8 Å². The second-order valence-corrected chi connectivity index (χ2v) is 4.45. The maximum absolute atomic E-state index is 11.0. The van der Waals surface area contributed by atoms with Gasteiger partial charge in [0.2, 0.25) is 6.04 Å². The Morgan fingerprint density at radius 2 is 2.13 bits per heavy atom. The fourth-order valence-corrected chi connectivity index (χ4v) is 2.16. The first-order chi connectivity index (χ1) is 7.02. The van der Waals surface area contributed by atoms with Crippen LogP contribution >= 0.6 is 11.8 Å². The molecule has 0 spiro atoms. The molecule has 0 aromatic heterocycles. The van der Waals surface area contributed by atoms with E-state index in [9.17, 15) is 14.9 Å². The van der Waals surface area contributed by atoms with Crippen LogP contribution in [0.5, 0.6) is 0 Å². The normalized spacial score (nSPS) is 14.3. The van der Waals surface area contributed by atoms with Gasteiger partial charge in [-0.2, -0.15) is 0 Å². The minimum atomic E-state index is -0.593. The van der Waals surface area contributed by atoms with Crippen LogP contribution in [-0.4, -0.2) is 34.5 Å². The molecule has 2 unspecified atom stereocenters. The fraction of sp³-hybridized carbons (Fsp3) is 0.889. The van der Waals surface area contributed by atoms with Crippen molar-refractivity contribution >= 4 is 17.7 Å². The monoisotopic (exact) mass is 235 g/mol. The van der Waals surface area contributed by atoms with E-state index in [-0.39, 0.29) is 21.9 Å². The van der Waals surface area contributed by atoms with Crippen molar-refractivity contribution in [3.05, 3.63) is 10.1 Å². The van der Waals surface area contributed by atoms with E-state index in [1.807, 2.05) is 0 Å². The van der Waals surface area contributed by atoms with Gasteiger partial charge in [0.25, 0.3) is 0 Å².